The second kappa shape index (κ2) is 5.65. The number of rotatable bonds is 3. The molecule has 0 bridgehead atoms. The number of nitroso groups, excluding NO2 is 2. The summed E-state index contributed by atoms with van der Waals surface area (Å²) in [4.78, 5) is 21.3. The fraction of sp³-hybridized carbons (Fsp3) is 0.200. The summed E-state index contributed by atoms with van der Waals surface area (Å²) < 4.78 is 5.66. The molecule has 0 amide bonds. The first kappa shape index (κ1) is 14.9. The van der Waals surface area contributed by atoms with E-state index in [0.717, 1.165) is 0 Å². The number of fused-ring (bicyclic) bond motifs is 1. The summed E-state index contributed by atoms with van der Waals surface area (Å²) in [7, 11) is 0. The van der Waals surface area contributed by atoms with Gasteiger partial charge in [-0.15, -0.1) is 9.81 Å². The van der Waals surface area contributed by atoms with Gasteiger partial charge in [0.2, 0.25) is 0 Å². The third-order valence-electron chi connectivity index (χ3n) is 3.72. The highest BCUT2D eigenvalue weighted by Crippen LogP contribution is 2.43. The van der Waals surface area contributed by atoms with Gasteiger partial charge in [-0.3, -0.25) is 0 Å². The number of aliphatic hydroxyl groups excluding tert-OH is 1. The maximum Gasteiger partial charge on any atom is 0.150 e. The van der Waals surface area contributed by atoms with Crippen molar-refractivity contribution < 1.29 is 20.1 Å². The standard InChI is InChI=1S/C15H12N2O6/c18-11-2-1-7(3-10(11)17-22)15-13(20)6-9-12(19)4-8(16-21)5-14(9)23-15/h1-5,13,15,18-20H,6H2/t13-,15-/m1/s1. The van der Waals surface area contributed by atoms with Gasteiger partial charge in [0.1, 0.15) is 34.7 Å². The third-order valence-corrected chi connectivity index (χ3v) is 3.72. The minimum Gasteiger partial charge on any atom is -0.507 e. The van der Waals surface area contributed by atoms with Crippen LogP contribution >= 0.6 is 0 Å². The third kappa shape index (κ3) is 2.59. The Balaban J connectivity index is 2.02. The Morgan fingerprint density at radius 1 is 1.04 bits per heavy atom. The molecule has 0 radical (unpaired) electrons. The number of phenols is 2. The predicted molar refractivity (Wildman–Crippen MR) is 80.2 cm³/mol. The van der Waals surface area contributed by atoms with E-state index in [-0.39, 0.29) is 35.0 Å². The van der Waals surface area contributed by atoms with Crippen molar-refractivity contribution in [2.45, 2.75) is 18.6 Å². The molecule has 0 fully saturated rings. The van der Waals surface area contributed by atoms with Crippen LogP contribution in [0.5, 0.6) is 17.2 Å². The first-order valence-electron chi connectivity index (χ1n) is 6.73. The van der Waals surface area contributed by atoms with Crippen molar-refractivity contribution in [1.82, 2.24) is 0 Å². The van der Waals surface area contributed by atoms with E-state index < -0.39 is 12.2 Å². The van der Waals surface area contributed by atoms with Gasteiger partial charge >= 0.3 is 0 Å². The zero-order chi connectivity index (χ0) is 16.6. The van der Waals surface area contributed by atoms with Crippen LogP contribution in [0.25, 0.3) is 0 Å². The maximum absolute atomic E-state index is 10.7. The molecule has 0 spiro atoms. The molecule has 2 aromatic rings. The Labute approximate surface area is 129 Å². The summed E-state index contributed by atoms with van der Waals surface area (Å²) in [5, 5.41) is 35.1. The average Bonchev–Trinajstić information content (AvgIpc) is 2.55. The van der Waals surface area contributed by atoms with E-state index in [2.05, 4.69) is 10.4 Å². The predicted octanol–water partition coefficient (Wildman–Crippen LogP) is 2.93. The monoisotopic (exact) mass is 316 g/mol. The van der Waals surface area contributed by atoms with E-state index in [0.29, 0.717) is 11.1 Å². The largest absolute Gasteiger partial charge is 0.507 e. The topological polar surface area (TPSA) is 129 Å². The van der Waals surface area contributed by atoms with Gasteiger partial charge in [-0.25, -0.2) is 0 Å². The number of hydrogen-bond donors (Lipinski definition) is 3. The van der Waals surface area contributed by atoms with Crippen molar-refractivity contribution in [2.24, 2.45) is 10.4 Å². The van der Waals surface area contributed by atoms with Crippen LogP contribution in [-0.4, -0.2) is 21.4 Å². The van der Waals surface area contributed by atoms with Gasteiger partial charge in [0.05, 0.1) is 6.10 Å². The average molecular weight is 316 g/mol. The Bertz CT molecular complexity index is 792. The van der Waals surface area contributed by atoms with Crippen molar-refractivity contribution in [3.05, 3.63) is 51.3 Å². The molecule has 0 unspecified atom stereocenters. The van der Waals surface area contributed by atoms with Crippen LogP contribution in [0.4, 0.5) is 11.4 Å². The summed E-state index contributed by atoms with van der Waals surface area (Å²) in [6.45, 7) is 0. The lowest BCUT2D eigenvalue weighted by molar-refractivity contribution is 0.0200. The SMILES string of the molecule is O=Nc1cc(O)c2c(c1)O[C@H](c1ccc(O)c(N=O)c1)[C@H](O)C2. The van der Waals surface area contributed by atoms with Gasteiger partial charge in [0.15, 0.2) is 0 Å². The van der Waals surface area contributed by atoms with E-state index in [1.807, 2.05) is 0 Å². The lowest BCUT2D eigenvalue weighted by Gasteiger charge is -2.31. The normalized spacial score (nSPS) is 19.5. The van der Waals surface area contributed by atoms with Crippen LogP contribution < -0.4 is 4.74 Å². The molecule has 23 heavy (non-hydrogen) atoms. The molecule has 118 valence electrons. The first-order valence-corrected chi connectivity index (χ1v) is 6.73. The lowest BCUT2D eigenvalue weighted by atomic mass is 9.93. The van der Waals surface area contributed by atoms with Crippen LogP contribution in [0.2, 0.25) is 0 Å². The number of aromatic hydroxyl groups is 2. The fourth-order valence-corrected chi connectivity index (χ4v) is 2.59. The number of nitrogens with zero attached hydrogens (tertiary/aromatic N) is 2. The van der Waals surface area contributed by atoms with Crippen molar-refractivity contribution >= 4 is 11.4 Å². The Kier molecular flexibility index (Phi) is 3.67. The number of phenolic OH excluding ortho intramolecular Hbond substituents is 2. The molecule has 1 heterocycles. The molecule has 0 aliphatic carbocycles. The number of aliphatic hydroxyl groups is 1. The smallest absolute Gasteiger partial charge is 0.150 e. The van der Waals surface area contributed by atoms with Gasteiger partial charge < -0.3 is 20.1 Å². The first-order chi connectivity index (χ1) is 11.0. The van der Waals surface area contributed by atoms with Crippen LogP contribution in [0.15, 0.2) is 40.7 Å². The molecule has 1 aliphatic rings. The van der Waals surface area contributed by atoms with Crippen LogP contribution in [0, 0.1) is 9.81 Å². The zero-order valence-corrected chi connectivity index (χ0v) is 11.7. The van der Waals surface area contributed by atoms with Gasteiger partial charge in [0.25, 0.3) is 0 Å². The zero-order valence-electron chi connectivity index (χ0n) is 11.7. The molecular weight excluding hydrogens is 304 g/mol. The van der Waals surface area contributed by atoms with E-state index in [4.69, 9.17) is 4.74 Å². The van der Waals surface area contributed by atoms with Gasteiger partial charge in [-0.2, -0.15) is 0 Å². The van der Waals surface area contributed by atoms with Crippen molar-refractivity contribution in [2.75, 3.05) is 0 Å². The van der Waals surface area contributed by atoms with Crippen LogP contribution in [0.1, 0.15) is 17.2 Å². The minimum absolute atomic E-state index is 0.00246. The molecule has 8 heteroatoms. The van der Waals surface area contributed by atoms with Gasteiger partial charge in [0, 0.05) is 24.1 Å². The molecule has 0 saturated carbocycles. The summed E-state index contributed by atoms with van der Waals surface area (Å²) in [6, 6.07) is 6.63. The summed E-state index contributed by atoms with van der Waals surface area (Å²) in [6.07, 6.45) is -1.74. The number of benzene rings is 2. The second-order valence-corrected chi connectivity index (χ2v) is 5.18. The molecule has 2 atom stereocenters. The number of ether oxygens (including phenoxy) is 1. The van der Waals surface area contributed by atoms with Gasteiger partial charge in [-0.05, 0) is 28.0 Å². The molecule has 0 saturated heterocycles. The highest BCUT2D eigenvalue weighted by molar-refractivity contribution is 5.57. The van der Waals surface area contributed by atoms with E-state index in [1.165, 1.54) is 30.3 Å². The second-order valence-electron chi connectivity index (χ2n) is 5.18. The Morgan fingerprint density at radius 2 is 1.83 bits per heavy atom. The van der Waals surface area contributed by atoms with E-state index >= 15 is 0 Å². The Hall–Kier alpha value is -3.00. The maximum atomic E-state index is 10.7. The van der Waals surface area contributed by atoms with Crippen molar-refractivity contribution in [3.63, 3.8) is 0 Å². The van der Waals surface area contributed by atoms with Gasteiger partial charge in [-0.1, -0.05) is 6.07 Å². The molecule has 2 aromatic carbocycles. The molecule has 1 aliphatic heterocycles. The summed E-state index contributed by atoms with van der Waals surface area (Å²) in [5.74, 6) is -0.237. The molecule has 3 N–H and O–H groups in total. The molecule has 8 nitrogen and oxygen atoms in total. The van der Waals surface area contributed by atoms with Crippen LogP contribution in [0.3, 0.4) is 0 Å². The van der Waals surface area contributed by atoms with E-state index in [1.54, 1.807) is 0 Å². The van der Waals surface area contributed by atoms with Crippen molar-refractivity contribution in [1.29, 1.82) is 0 Å². The fourth-order valence-electron chi connectivity index (χ4n) is 2.59. The highest BCUT2D eigenvalue weighted by Gasteiger charge is 2.32. The van der Waals surface area contributed by atoms with Crippen molar-refractivity contribution in [3.8, 4) is 17.2 Å². The quantitative estimate of drug-likeness (QED) is 0.747. The van der Waals surface area contributed by atoms with E-state index in [9.17, 15) is 25.1 Å². The Morgan fingerprint density at radius 3 is 2.52 bits per heavy atom. The summed E-state index contributed by atoms with van der Waals surface area (Å²) >= 11 is 0. The molecule has 0 aromatic heterocycles. The molecule has 3 rings (SSSR count). The molecular formula is C15H12N2O6. The minimum atomic E-state index is -0.993. The summed E-state index contributed by atoms with van der Waals surface area (Å²) in [5.41, 5.74) is 0.626. The number of hydrogen-bond acceptors (Lipinski definition) is 8. The highest BCUT2D eigenvalue weighted by atomic mass is 16.5. The van der Waals surface area contributed by atoms with Crippen LogP contribution in [-0.2, 0) is 6.42 Å². The lowest BCUT2D eigenvalue weighted by Crippen LogP contribution is -2.30.